The second kappa shape index (κ2) is 8.37. The van der Waals surface area contributed by atoms with Crippen molar-refractivity contribution in [3.05, 3.63) is 99.0 Å². The summed E-state index contributed by atoms with van der Waals surface area (Å²) in [6.45, 7) is 4.02. The van der Waals surface area contributed by atoms with E-state index >= 15 is 0 Å². The van der Waals surface area contributed by atoms with Crippen LogP contribution in [0.1, 0.15) is 38.4 Å². The fraction of sp³-hybridized carbons (Fsp3) is 0.208. The number of para-hydroxylation sites is 1. The highest BCUT2D eigenvalue weighted by Gasteiger charge is 2.17. The summed E-state index contributed by atoms with van der Waals surface area (Å²) in [5, 5.41) is 3.97. The molecule has 1 amide bonds. The third kappa shape index (κ3) is 4.03. The second-order valence-corrected chi connectivity index (χ2v) is 7.40. The summed E-state index contributed by atoms with van der Waals surface area (Å²) < 4.78 is 5.46. The van der Waals surface area contributed by atoms with Crippen molar-refractivity contribution in [2.45, 2.75) is 33.2 Å². The third-order valence-corrected chi connectivity index (χ3v) is 5.32. The number of benzene rings is 1. The molecule has 30 heavy (non-hydrogen) atoms. The van der Waals surface area contributed by atoms with Crippen LogP contribution >= 0.6 is 0 Å². The molecule has 0 aliphatic rings. The first kappa shape index (κ1) is 19.6. The molecule has 4 rings (SSSR count). The van der Waals surface area contributed by atoms with Crippen LogP contribution in [0.2, 0.25) is 0 Å². The molecule has 0 radical (unpaired) electrons. The second-order valence-electron chi connectivity index (χ2n) is 7.40. The lowest BCUT2D eigenvalue weighted by Gasteiger charge is -2.09. The van der Waals surface area contributed by atoms with Crippen molar-refractivity contribution in [1.82, 2.24) is 15.3 Å². The van der Waals surface area contributed by atoms with Crippen LogP contribution in [0.4, 0.5) is 0 Å². The Bertz CT molecular complexity index is 1270. The Morgan fingerprint density at radius 3 is 2.73 bits per heavy atom. The molecule has 0 aliphatic carbocycles. The first-order chi connectivity index (χ1) is 14.5. The first-order valence-corrected chi connectivity index (χ1v) is 9.89. The van der Waals surface area contributed by atoms with Crippen molar-refractivity contribution in [3.8, 4) is 0 Å². The number of aromatic amines is 1. The van der Waals surface area contributed by atoms with Crippen LogP contribution < -0.4 is 10.9 Å². The summed E-state index contributed by atoms with van der Waals surface area (Å²) in [6.07, 6.45) is 6.72. The van der Waals surface area contributed by atoms with E-state index in [9.17, 15) is 9.59 Å². The van der Waals surface area contributed by atoms with Gasteiger partial charge < -0.3 is 14.7 Å². The summed E-state index contributed by atoms with van der Waals surface area (Å²) in [5.74, 6) is 0.143. The molecule has 3 heterocycles. The lowest BCUT2D eigenvalue weighted by atomic mass is 10.1. The van der Waals surface area contributed by atoms with Crippen LogP contribution in [0.15, 0.2) is 64.2 Å². The smallest absolute Gasteiger partial charge is 0.349 e. The molecular formula is C24H23N3O3. The maximum Gasteiger partial charge on any atom is 0.349 e. The minimum atomic E-state index is -0.604. The van der Waals surface area contributed by atoms with Gasteiger partial charge in [0, 0.05) is 42.5 Å². The molecule has 1 aromatic carbocycles. The number of hydrogen-bond donors (Lipinski definition) is 2. The lowest BCUT2D eigenvalue weighted by Crippen LogP contribution is -2.29. The fourth-order valence-corrected chi connectivity index (χ4v) is 3.63. The molecule has 0 saturated heterocycles. The van der Waals surface area contributed by atoms with E-state index in [4.69, 9.17) is 4.42 Å². The van der Waals surface area contributed by atoms with Gasteiger partial charge in [-0.2, -0.15) is 0 Å². The van der Waals surface area contributed by atoms with Gasteiger partial charge in [0.25, 0.3) is 5.91 Å². The zero-order chi connectivity index (χ0) is 21.1. The Morgan fingerprint density at radius 2 is 1.93 bits per heavy atom. The Balaban J connectivity index is 1.47. The summed E-state index contributed by atoms with van der Waals surface area (Å²) in [4.78, 5) is 32.4. The molecule has 6 nitrogen and oxygen atoms in total. The average molecular weight is 401 g/mol. The molecule has 0 fully saturated rings. The zero-order valence-electron chi connectivity index (χ0n) is 17.0. The Kier molecular flexibility index (Phi) is 5.48. The van der Waals surface area contributed by atoms with Crippen molar-refractivity contribution < 1.29 is 9.21 Å². The highest BCUT2D eigenvalue weighted by molar-refractivity contribution is 5.95. The average Bonchev–Trinajstić information content (AvgIpc) is 3.14. The Hall–Kier alpha value is -3.67. The van der Waals surface area contributed by atoms with Gasteiger partial charge in [-0.3, -0.25) is 9.78 Å². The lowest BCUT2D eigenvalue weighted by molar-refractivity contribution is 0.0945. The number of nitrogens with zero attached hydrogens (tertiary/aromatic N) is 1. The van der Waals surface area contributed by atoms with Gasteiger partial charge >= 0.3 is 5.63 Å². The largest absolute Gasteiger partial charge is 0.427 e. The van der Waals surface area contributed by atoms with Gasteiger partial charge in [-0.15, -0.1) is 0 Å². The fourth-order valence-electron chi connectivity index (χ4n) is 3.63. The first-order valence-electron chi connectivity index (χ1n) is 9.89. The molecule has 3 aromatic heterocycles. The van der Waals surface area contributed by atoms with Crippen LogP contribution in [-0.4, -0.2) is 15.9 Å². The molecule has 2 N–H and O–H groups in total. The van der Waals surface area contributed by atoms with Gasteiger partial charge in [0.1, 0.15) is 11.3 Å². The molecule has 0 bridgehead atoms. The molecule has 0 spiro atoms. The van der Waals surface area contributed by atoms with E-state index in [1.165, 1.54) is 10.9 Å². The van der Waals surface area contributed by atoms with Crippen molar-refractivity contribution in [2.24, 2.45) is 0 Å². The van der Waals surface area contributed by atoms with Gasteiger partial charge in [-0.1, -0.05) is 18.2 Å². The number of hydrogen-bond acceptors (Lipinski definition) is 4. The maximum atomic E-state index is 12.6. The Labute approximate surface area is 174 Å². The number of amides is 1. The predicted molar refractivity (Wildman–Crippen MR) is 116 cm³/mol. The maximum absolute atomic E-state index is 12.6. The molecule has 0 unspecified atom stereocenters. The van der Waals surface area contributed by atoms with E-state index in [0.29, 0.717) is 24.3 Å². The van der Waals surface area contributed by atoms with E-state index in [1.807, 2.05) is 37.4 Å². The number of rotatable bonds is 6. The molecule has 4 aromatic rings. The van der Waals surface area contributed by atoms with Crippen molar-refractivity contribution >= 4 is 16.8 Å². The van der Waals surface area contributed by atoms with E-state index in [2.05, 4.69) is 21.4 Å². The molecule has 0 aliphatic heterocycles. The number of carbonyl (C=O) groups is 1. The van der Waals surface area contributed by atoms with E-state index in [1.54, 1.807) is 25.4 Å². The summed E-state index contributed by atoms with van der Waals surface area (Å²) in [6, 6.07) is 11.7. The quantitative estimate of drug-likeness (QED) is 0.514. The summed E-state index contributed by atoms with van der Waals surface area (Å²) >= 11 is 0. The summed E-state index contributed by atoms with van der Waals surface area (Å²) in [7, 11) is 0. The van der Waals surface area contributed by atoms with Crippen molar-refractivity contribution in [3.63, 3.8) is 0 Å². The molecule has 0 saturated carbocycles. The number of H-pyrrole nitrogens is 1. The van der Waals surface area contributed by atoms with Crippen LogP contribution in [0.25, 0.3) is 10.9 Å². The van der Waals surface area contributed by atoms with E-state index in [-0.39, 0.29) is 5.56 Å². The van der Waals surface area contributed by atoms with Crippen LogP contribution in [0, 0.1) is 13.8 Å². The number of aromatic nitrogens is 2. The number of aryl methyl sites for hydroxylation is 4. The van der Waals surface area contributed by atoms with Gasteiger partial charge in [0.15, 0.2) is 0 Å². The van der Waals surface area contributed by atoms with E-state index < -0.39 is 11.5 Å². The normalized spacial score (nSPS) is 11.0. The molecule has 152 valence electrons. The zero-order valence-corrected chi connectivity index (χ0v) is 17.0. The monoisotopic (exact) mass is 401 g/mol. The minimum Gasteiger partial charge on any atom is -0.427 e. The van der Waals surface area contributed by atoms with Crippen LogP contribution in [0.3, 0.4) is 0 Å². The Morgan fingerprint density at radius 1 is 1.10 bits per heavy atom. The topological polar surface area (TPSA) is 88.0 Å². The van der Waals surface area contributed by atoms with Crippen molar-refractivity contribution in [1.29, 1.82) is 0 Å². The SMILES string of the molecule is Cc1cnccc1CNC(=O)c1c(C)cc(CCc2c[nH]c3ccccc23)oc1=O. The predicted octanol–water partition coefficient (Wildman–Crippen LogP) is 3.85. The highest BCUT2D eigenvalue weighted by atomic mass is 16.4. The number of nitrogens with one attached hydrogen (secondary N) is 2. The van der Waals surface area contributed by atoms with E-state index in [0.717, 1.165) is 23.1 Å². The molecular weight excluding hydrogens is 378 g/mol. The molecule has 0 atom stereocenters. The number of pyridine rings is 1. The van der Waals surface area contributed by atoms with Crippen LogP contribution in [0.5, 0.6) is 0 Å². The molecule has 6 heteroatoms. The standard InChI is InChI=1S/C24H23N3O3/c1-15-11-19(8-7-18-14-26-21-6-4-3-5-20(18)21)30-24(29)22(15)23(28)27-13-17-9-10-25-12-16(17)2/h3-6,9-12,14,26H,7-8,13H2,1-2H3,(H,27,28). The number of carbonyl (C=O) groups excluding carboxylic acids is 1. The van der Waals surface area contributed by atoms with Gasteiger partial charge in [-0.05, 0) is 60.7 Å². The minimum absolute atomic E-state index is 0.0533. The van der Waals surface area contributed by atoms with Gasteiger partial charge in [-0.25, -0.2) is 4.79 Å². The van der Waals surface area contributed by atoms with Crippen molar-refractivity contribution in [2.75, 3.05) is 0 Å². The van der Waals surface area contributed by atoms with Crippen LogP contribution in [-0.2, 0) is 19.4 Å². The highest BCUT2D eigenvalue weighted by Crippen LogP contribution is 2.20. The third-order valence-electron chi connectivity index (χ3n) is 5.32. The van der Waals surface area contributed by atoms with Gasteiger partial charge in [0.05, 0.1) is 0 Å². The van der Waals surface area contributed by atoms with Gasteiger partial charge in [0.2, 0.25) is 0 Å². The number of fused-ring (bicyclic) bond motifs is 1. The summed E-state index contributed by atoms with van der Waals surface area (Å²) in [5.41, 5.74) is 4.25.